The van der Waals surface area contributed by atoms with Gasteiger partial charge in [-0.2, -0.15) is 0 Å². The van der Waals surface area contributed by atoms with Crippen LogP contribution < -0.4 is 4.72 Å². The number of hydrogen-bond acceptors (Lipinski definition) is 5. The van der Waals surface area contributed by atoms with E-state index in [-0.39, 0.29) is 9.79 Å². The zero-order valence-corrected chi connectivity index (χ0v) is 18.4. The summed E-state index contributed by atoms with van der Waals surface area (Å²) in [5.74, 6) is -0.570. The fourth-order valence-electron chi connectivity index (χ4n) is 3.36. The second kappa shape index (κ2) is 8.78. The Bertz CT molecular complexity index is 1460. The van der Waals surface area contributed by atoms with E-state index >= 15 is 0 Å². The monoisotopic (exact) mass is 470 g/mol. The zero-order chi connectivity index (χ0) is 22.8. The van der Waals surface area contributed by atoms with Gasteiger partial charge in [0, 0.05) is 18.9 Å². The van der Waals surface area contributed by atoms with Gasteiger partial charge in [0.25, 0.3) is 0 Å². The lowest BCUT2D eigenvalue weighted by Gasteiger charge is -2.19. The lowest BCUT2D eigenvalue weighted by molar-refractivity contribution is 0.568. The summed E-state index contributed by atoms with van der Waals surface area (Å²) in [5.41, 5.74) is 0.318. The van der Waals surface area contributed by atoms with Crippen LogP contribution in [-0.4, -0.2) is 28.4 Å². The van der Waals surface area contributed by atoms with E-state index in [1.165, 1.54) is 24.5 Å². The van der Waals surface area contributed by atoms with Gasteiger partial charge >= 0.3 is 0 Å². The molecule has 0 fully saturated rings. The number of nitrogens with zero attached hydrogens (tertiary/aromatic N) is 1. The summed E-state index contributed by atoms with van der Waals surface area (Å²) in [7, 11) is -8.04. The van der Waals surface area contributed by atoms with Crippen LogP contribution in [0.15, 0.2) is 101 Å². The van der Waals surface area contributed by atoms with E-state index in [2.05, 4.69) is 9.71 Å². The van der Waals surface area contributed by atoms with Crippen molar-refractivity contribution in [2.45, 2.75) is 15.0 Å². The van der Waals surface area contributed by atoms with Gasteiger partial charge in [0.1, 0.15) is 11.1 Å². The SMILES string of the molecule is O=S(=O)(NCC(c1cccnc1)S(=O)(=O)c1ccc(F)cc1)c1ccc2ccccc2c1. The highest BCUT2D eigenvalue weighted by Crippen LogP contribution is 2.29. The molecular formula is C23H19FN2O4S2. The average molecular weight is 471 g/mol. The van der Waals surface area contributed by atoms with Crippen molar-refractivity contribution in [3.8, 4) is 0 Å². The summed E-state index contributed by atoms with van der Waals surface area (Å²) in [4.78, 5) is 3.88. The van der Waals surface area contributed by atoms with Crippen molar-refractivity contribution >= 4 is 30.6 Å². The van der Waals surface area contributed by atoms with E-state index in [1.807, 2.05) is 12.1 Å². The topological polar surface area (TPSA) is 93.2 Å². The number of nitrogens with one attached hydrogen (secondary N) is 1. The minimum absolute atomic E-state index is 0.0281. The molecule has 0 spiro atoms. The van der Waals surface area contributed by atoms with E-state index in [0.29, 0.717) is 5.56 Å². The fourth-order valence-corrected chi connectivity index (χ4v) is 6.20. The molecule has 0 amide bonds. The van der Waals surface area contributed by atoms with Gasteiger partial charge in [0.15, 0.2) is 9.84 Å². The van der Waals surface area contributed by atoms with Gasteiger partial charge in [-0.25, -0.2) is 25.9 Å². The molecule has 1 N–H and O–H groups in total. The Hall–Kier alpha value is -3.14. The Labute approximate surface area is 185 Å². The number of rotatable bonds is 7. The van der Waals surface area contributed by atoms with Crippen LogP contribution in [0.25, 0.3) is 10.8 Å². The van der Waals surface area contributed by atoms with Gasteiger partial charge < -0.3 is 0 Å². The first-order valence-electron chi connectivity index (χ1n) is 9.65. The molecule has 32 heavy (non-hydrogen) atoms. The van der Waals surface area contributed by atoms with Crippen LogP contribution in [0.5, 0.6) is 0 Å². The third-order valence-electron chi connectivity index (χ3n) is 5.06. The minimum Gasteiger partial charge on any atom is -0.264 e. The number of halogens is 1. The molecule has 1 aromatic heterocycles. The predicted molar refractivity (Wildman–Crippen MR) is 120 cm³/mol. The van der Waals surface area contributed by atoms with Gasteiger partial charge in [-0.05, 0) is 58.8 Å². The maximum Gasteiger partial charge on any atom is 0.240 e. The smallest absolute Gasteiger partial charge is 0.240 e. The van der Waals surface area contributed by atoms with Crippen molar-refractivity contribution in [1.82, 2.24) is 9.71 Å². The fraction of sp³-hybridized carbons (Fsp3) is 0.0870. The number of sulfone groups is 1. The Kier molecular flexibility index (Phi) is 6.05. The van der Waals surface area contributed by atoms with Crippen LogP contribution in [0.4, 0.5) is 4.39 Å². The van der Waals surface area contributed by atoms with Crippen molar-refractivity contribution in [1.29, 1.82) is 0 Å². The van der Waals surface area contributed by atoms with Gasteiger partial charge in [0.05, 0.1) is 9.79 Å². The Morgan fingerprint density at radius 1 is 0.812 bits per heavy atom. The third kappa shape index (κ3) is 4.55. The van der Waals surface area contributed by atoms with E-state index in [1.54, 1.807) is 30.3 Å². The summed E-state index contributed by atoms with van der Waals surface area (Å²) in [5, 5.41) is 0.383. The Balaban J connectivity index is 1.67. The maximum atomic E-state index is 13.3. The van der Waals surface area contributed by atoms with Crippen LogP contribution in [0, 0.1) is 5.82 Å². The van der Waals surface area contributed by atoms with Gasteiger partial charge in [-0.3, -0.25) is 4.98 Å². The molecular weight excluding hydrogens is 451 g/mol. The highest BCUT2D eigenvalue weighted by atomic mass is 32.2. The second-order valence-corrected chi connectivity index (χ2v) is 11.0. The predicted octanol–water partition coefficient (Wildman–Crippen LogP) is 3.87. The molecule has 4 aromatic rings. The first-order valence-corrected chi connectivity index (χ1v) is 12.7. The summed E-state index contributed by atoms with van der Waals surface area (Å²) in [6.45, 7) is -0.416. The lowest BCUT2D eigenvalue weighted by atomic mass is 10.1. The van der Waals surface area contributed by atoms with Crippen molar-refractivity contribution in [3.05, 3.63) is 103 Å². The van der Waals surface area contributed by atoms with Crippen LogP contribution in [-0.2, 0) is 19.9 Å². The first kappa shape index (κ1) is 22.1. The number of sulfonamides is 1. The van der Waals surface area contributed by atoms with Crippen molar-refractivity contribution in [2.24, 2.45) is 0 Å². The van der Waals surface area contributed by atoms with Gasteiger partial charge in [-0.1, -0.05) is 36.4 Å². The Morgan fingerprint density at radius 2 is 1.50 bits per heavy atom. The van der Waals surface area contributed by atoms with E-state index < -0.39 is 37.5 Å². The minimum atomic E-state index is -4.04. The van der Waals surface area contributed by atoms with Crippen LogP contribution in [0.1, 0.15) is 10.8 Å². The molecule has 1 atom stereocenters. The van der Waals surface area contributed by atoms with E-state index in [0.717, 1.165) is 35.0 Å². The summed E-state index contributed by atoms with van der Waals surface area (Å²) in [6.07, 6.45) is 2.86. The van der Waals surface area contributed by atoms with Crippen molar-refractivity contribution in [2.75, 3.05) is 6.54 Å². The van der Waals surface area contributed by atoms with Crippen LogP contribution in [0.3, 0.4) is 0 Å². The van der Waals surface area contributed by atoms with Gasteiger partial charge in [0.2, 0.25) is 10.0 Å². The number of pyridine rings is 1. The van der Waals surface area contributed by atoms with Crippen molar-refractivity contribution in [3.63, 3.8) is 0 Å². The van der Waals surface area contributed by atoms with Crippen molar-refractivity contribution < 1.29 is 21.2 Å². The summed E-state index contributed by atoms with van der Waals surface area (Å²) < 4.78 is 68.2. The molecule has 3 aromatic carbocycles. The number of hydrogen-bond donors (Lipinski definition) is 1. The molecule has 0 aliphatic carbocycles. The van der Waals surface area contributed by atoms with E-state index in [9.17, 15) is 21.2 Å². The molecule has 1 unspecified atom stereocenters. The first-order chi connectivity index (χ1) is 15.3. The highest BCUT2D eigenvalue weighted by molar-refractivity contribution is 7.92. The molecule has 0 aliphatic heterocycles. The molecule has 0 saturated carbocycles. The molecule has 1 heterocycles. The standard InChI is InChI=1S/C23H19FN2O4S2/c24-20-8-11-21(12-9-20)31(27,28)23(19-6-3-13-25-15-19)16-26-32(29,30)22-10-7-17-4-1-2-5-18(17)14-22/h1-15,23,26H,16H2. The normalized spacial score (nSPS) is 13.2. The summed E-state index contributed by atoms with van der Waals surface area (Å²) >= 11 is 0. The largest absolute Gasteiger partial charge is 0.264 e. The second-order valence-electron chi connectivity index (χ2n) is 7.13. The molecule has 0 aliphatic rings. The molecule has 6 nitrogen and oxygen atoms in total. The van der Waals surface area contributed by atoms with Crippen LogP contribution in [0.2, 0.25) is 0 Å². The lowest BCUT2D eigenvalue weighted by Crippen LogP contribution is -2.32. The molecule has 0 saturated heterocycles. The maximum absolute atomic E-state index is 13.3. The molecule has 0 radical (unpaired) electrons. The molecule has 0 bridgehead atoms. The average Bonchev–Trinajstić information content (AvgIpc) is 2.79. The Morgan fingerprint density at radius 3 is 2.19 bits per heavy atom. The highest BCUT2D eigenvalue weighted by Gasteiger charge is 2.31. The number of benzene rings is 3. The quantitative estimate of drug-likeness (QED) is 0.414. The zero-order valence-electron chi connectivity index (χ0n) is 16.7. The van der Waals surface area contributed by atoms with Crippen LogP contribution >= 0.6 is 0 Å². The number of aromatic nitrogens is 1. The van der Waals surface area contributed by atoms with E-state index in [4.69, 9.17) is 0 Å². The third-order valence-corrected chi connectivity index (χ3v) is 8.60. The molecule has 164 valence electrons. The van der Waals surface area contributed by atoms with Gasteiger partial charge in [-0.15, -0.1) is 0 Å². The molecule has 4 rings (SSSR count). The molecule has 9 heteroatoms. The number of fused-ring (bicyclic) bond motifs is 1. The summed E-state index contributed by atoms with van der Waals surface area (Å²) in [6, 6.07) is 19.6.